The summed E-state index contributed by atoms with van der Waals surface area (Å²) in [6.45, 7) is 0. The average Bonchev–Trinajstić information content (AvgIpc) is 2.34. The zero-order valence-electron chi connectivity index (χ0n) is 8.52. The zero-order chi connectivity index (χ0) is 12.3. The summed E-state index contributed by atoms with van der Waals surface area (Å²) in [6, 6.07) is 9.05. The van der Waals surface area contributed by atoms with Gasteiger partial charge in [0, 0.05) is 18.3 Å². The molecule has 0 aliphatic heterocycles. The van der Waals surface area contributed by atoms with Crippen molar-refractivity contribution in [1.82, 2.24) is 4.98 Å². The minimum atomic E-state index is -0.557. The Kier molecular flexibility index (Phi) is 3.22. The Hall–Kier alpha value is -2.12. The molecule has 0 aliphatic carbocycles. The maximum Gasteiger partial charge on any atom is 0.145 e. The Morgan fingerprint density at radius 2 is 2.00 bits per heavy atom. The molecule has 0 N–H and O–H groups in total. The van der Waals surface area contributed by atoms with Gasteiger partial charge < -0.3 is 4.74 Å². The van der Waals surface area contributed by atoms with Crippen molar-refractivity contribution < 1.29 is 9.13 Å². The molecule has 84 valence electrons. The third kappa shape index (κ3) is 2.71. The van der Waals surface area contributed by atoms with Crippen LogP contribution in [0.1, 0.15) is 5.69 Å². The number of hydrogen-bond donors (Lipinski definition) is 0. The number of halogens is 2. The van der Waals surface area contributed by atoms with E-state index in [4.69, 9.17) is 21.6 Å². The molecule has 0 spiro atoms. The van der Waals surface area contributed by atoms with Crippen molar-refractivity contribution in [1.29, 1.82) is 5.26 Å². The van der Waals surface area contributed by atoms with E-state index in [-0.39, 0.29) is 10.7 Å². The molecule has 5 heteroatoms. The van der Waals surface area contributed by atoms with Crippen LogP contribution in [0.5, 0.6) is 11.5 Å². The second-order valence-corrected chi connectivity index (χ2v) is 3.57. The van der Waals surface area contributed by atoms with Gasteiger partial charge in [-0.15, -0.1) is 0 Å². The van der Waals surface area contributed by atoms with Crippen LogP contribution < -0.4 is 4.74 Å². The maximum atomic E-state index is 13.2. The van der Waals surface area contributed by atoms with Gasteiger partial charge in [-0.1, -0.05) is 11.6 Å². The predicted octanol–water partition coefficient (Wildman–Crippen LogP) is 3.54. The molecule has 3 nitrogen and oxygen atoms in total. The van der Waals surface area contributed by atoms with E-state index < -0.39 is 5.82 Å². The van der Waals surface area contributed by atoms with Gasteiger partial charge in [-0.05, 0) is 18.2 Å². The van der Waals surface area contributed by atoms with Crippen molar-refractivity contribution in [3.8, 4) is 17.6 Å². The van der Waals surface area contributed by atoms with E-state index in [0.29, 0.717) is 11.5 Å². The molecule has 0 saturated heterocycles. The molecular formula is C12H6ClFN2O. The lowest BCUT2D eigenvalue weighted by molar-refractivity contribution is 0.476. The van der Waals surface area contributed by atoms with Crippen LogP contribution in [0.2, 0.25) is 5.02 Å². The summed E-state index contributed by atoms with van der Waals surface area (Å²) in [6.07, 6.45) is 1.44. The number of benzene rings is 1. The monoisotopic (exact) mass is 248 g/mol. The van der Waals surface area contributed by atoms with Crippen LogP contribution in [0.3, 0.4) is 0 Å². The van der Waals surface area contributed by atoms with E-state index in [1.165, 1.54) is 30.5 Å². The molecule has 2 aromatic rings. The Labute approximate surface area is 102 Å². The van der Waals surface area contributed by atoms with Crippen molar-refractivity contribution in [2.75, 3.05) is 0 Å². The van der Waals surface area contributed by atoms with Crippen LogP contribution in [0, 0.1) is 17.1 Å². The molecule has 0 atom stereocenters. The van der Waals surface area contributed by atoms with Gasteiger partial charge in [0.1, 0.15) is 29.1 Å². The van der Waals surface area contributed by atoms with Gasteiger partial charge in [0.2, 0.25) is 0 Å². The van der Waals surface area contributed by atoms with E-state index in [1.807, 2.05) is 6.07 Å². The second kappa shape index (κ2) is 4.81. The Morgan fingerprint density at radius 3 is 2.71 bits per heavy atom. The second-order valence-electron chi connectivity index (χ2n) is 3.17. The number of aromatic nitrogens is 1. The topological polar surface area (TPSA) is 45.9 Å². The predicted molar refractivity (Wildman–Crippen MR) is 60.4 cm³/mol. The normalized spacial score (nSPS) is 9.71. The highest BCUT2D eigenvalue weighted by atomic mass is 35.5. The quantitative estimate of drug-likeness (QED) is 0.817. The maximum absolute atomic E-state index is 13.2. The molecule has 0 aliphatic rings. The van der Waals surface area contributed by atoms with Crippen molar-refractivity contribution in [3.63, 3.8) is 0 Å². The van der Waals surface area contributed by atoms with Crippen molar-refractivity contribution in [3.05, 3.63) is 53.1 Å². The summed E-state index contributed by atoms with van der Waals surface area (Å²) >= 11 is 5.55. The van der Waals surface area contributed by atoms with Gasteiger partial charge in [0.25, 0.3) is 0 Å². The molecule has 17 heavy (non-hydrogen) atoms. The summed E-state index contributed by atoms with van der Waals surface area (Å²) in [5.41, 5.74) is 0.233. The first-order valence-electron chi connectivity index (χ1n) is 4.68. The lowest BCUT2D eigenvalue weighted by atomic mass is 10.3. The fraction of sp³-hybridized carbons (Fsp3) is 0. The van der Waals surface area contributed by atoms with Crippen LogP contribution in [0.15, 0.2) is 36.5 Å². The number of nitriles is 1. The van der Waals surface area contributed by atoms with Gasteiger partial charge in [-0.2, -0.15) is 5.26 Å². The summed E-state index contributed by atoms with van der Waals surface area (Å²) in [5.74, 6) is 0.166. The molecule has 1 heterocycles. The highest BCUT2D eigenvalue weighted by molar-refractivity contribution is 6.30. The largest absolute Gasteiger partial charge is 0.457 e. The molecule has 0 amide bonds. The number of nitrogens with zero attached hydrogens (tertiary/aromatic N) is 2. The van der Waals surface area contributed by atoms with E-state index in [9.17, 15) is 4.39 Å². The number of pyridine rings is 1. The summed E-state index contributed by atoms with van der Waals surface area (Å²) in [7, 11) is 0. The molecule has 1 aromatic heterocycles. The number of rotatable bonds is 2. The standard InChI is InChI=1S/C12H6ClFN2O/c13-11-2-1-9(6-12(11)14)17-10-3-4-16-8(5-10)7-15/h1-6H. The molecule has 0 bridgehead atoms. The summed E-state index contributed by atoms with van der Waals surface area (Å²) < 4.78 is 18.5. The Balaban J connectivity index is 2.25. The SMILES string of the molecule is N#Cc1cc(Oc2ccc(Cl)c(F)c2)ccn1. The minimum absolute atomic E-state index is 0.0322. The summed E-state index contributed by atoms with van der Waals surface area (Å²) in [5, 5.41) is 8.70. The smallest absolute Gasteiger partial charge is 0.145 e. The van der Waals surface area contributed by atoms with Gasteiger partial charge >= 0.3 is 0 Å². The number of hydrogen-bond acceptors (Lipinski definition) is 3. The van der Waals surface area contributed by atoms with Crippen molar-refractivity contribution >= 4 is 11.6 Å². The van der Waals surface area contributed by atoms with Gasteiger partial charge in [0.15, 0.2) is 0 Å². The molecule has 0 radical (unpaired) electrons. The number of ether oxygens (including phenoxy) is 1. The van der Waals surface area contributed by atoms with Crippen molar-refractivity contribution in [2.45, 2.75) is 0 Å². The highest BCUT2D eigenvalue weighted by Gasteiger charge is 2.03. The van der Waals surface area contributed by atoms with Gasteiger partial charge in [0.05, 0.1) is 5.02 Å². The first-order chi connectivity index (χ1) is 8.19. The van der Waals surface area contributed by atoms with Gasteiger partial charge in [-0.3, -0.25) is 0 Å². The van der Waals surface area contributed by atoms with E-state index in [0.717, 1.165) is 0 Å². The molecule has 1 aromatic carbocycles. The first-order valence-corrected chi connectivity index (χ1v) is 5.06. The fourth-order valence-electron chi connectivity index (χ4n) is 1.21. The van der Waals surface area contributed by atoms with Crippen molar-refractivity contribution in [2.24, 2.45) is 0 Å². The van der Waals surface area contributed by atoms with E-state index in [1.54, 1.807) is 6.07 Å². The minimum Gasteiger partial charge on any atom is -0.457 e. The van der Waals surface area contributed by atoms with E-state index in [2.05, 4.69) is 4.98 Å². The molecule has 0 fully saturated rings. The Bertz CT molecular complexity index is 595. The molecule has 0 unspecified atom stereocenters. The van der Waals surface area contributed by atoms with Crippen LogP contribution in [-0.2, 0) is 0 Å². The van der Waals surface area contributed by atoms with Crippen LogP contribution in [0.25, 0.3) is 0 Å². The van der Waals surface area contributed by atoms with E-state index >= 15 is 0 Å². The lowest BCUT2D eigenvalue weighted by Gasteiger charge is -2.05. The zero-order valence-corrected chi connectivity index (χ0v) is 9.28. The summed E-state index contributed by atoms with van der Waals surface area (Å²) in [4.78, 5) is 3.79. The Morgan fingerprint density at radius 1 is 1.24 bits per heavy atom. The third-order valence-electron chi connectivity index (χ3n) is 1.97. The average molecular weight is 249 g/mol. The van der Waals surface area contributed by atoms with Gasteiger partial charge in [-0.25, -0.2) is 9.37 Å². The lowest BCUT2D eigenvalue weighted by Crippen LogP contribution is -1.88. The van der Waals surface area contributed by atoms with Crippen LogP contribution >= 0.6 is 11.6 Å². The van der Waals surface area contributed by atoms with Crippen LogP contribution in [0.4, 0.5) is 4.39 Å². The van der Waals surface area contributed by atoms with Crippen LogP contribution in [-0.4, -0.2) is 4.98 Å². The first kappa shape index (κ1) is 11.4. The fourth-order valence-corrected chi connectivity index (χ4v) is 1.33. The molecule has 0 saturated carbocycles. The third-order valence-corrected chi connectivity index (χ3v) is 2.28. The molecular weight excluding hydrogens is 243 g/mol. The molecule has 2 rings (SSSR count). The highest BCUT2D eigenvalue weighted by Crippen LogP contribution is 2.25.